The Labute approximate surface area is 120 Å². The number of amides is 2. The molecule has 2 unspecified atom stereocenters. The second-order valence-corrected chi connectivity index (χ2v) is 5.09. The van der Waals surface area contributed by atoms with Crippen molar-refractivity contribution in [1.82, 2.24) is 4.90 Å². The third-order valence-corrected chi connectivity index (χ3v) is 3.59. The molecular formula is C14H16F2N2O3. The van der Waals surface area contributed by atoms with Crippen LogP contribution < -0.4 is 5.32 Å². The molecule has 1 aromatic carbocycles. The van der Waals surface area contributed by atoms with Crippen molar-refractivity contribution >= 4 is 17.5 Å². The molecule has 0 radical (unpaired) electrons. The maximum atomic E-state index is 13.4. The summed E-state index contributed by atoms with van der Waals surface area (Å²) >= 11 is 0. The number of halogens is 2. The Bertz CT molecular complexity index is 543. The summed E-state index contributed by atoms with van der Waals surface area (Å²) < 4.78 is 26.8. The molecule has 1 heterocycles. The number of hydrogen-bond acceptors (Lipinski definition) is 3. The van der Waals surface area contributed by atoms with E-state index in [1.54, 1.807) is 6.92 Å². The lowest BCUT2D eigenvalue weighted by Crippen LogP contribution is -2.39. The summed E-state index contributed by atoms with van der Waals surface area (Å²) in [6.45, 7) is 2.21. The average molecular weight is 298 g/mol. The van der Waals surface area contributed by atoms with Crippen LogP contribution in [0.25, 0.3) is 0 Å². The summed E-state index contributed by atoms with van der Waals surface area (Å²) in [6.07, 6.45) is 0.0139. The minimum atomic E-state index is -1.09. The Kier molecular flexibility index (Phi) is 4.52. The molecule has 114 valence electrons. The van der Waals surface area contributed by atoms with E-state index >= 15 is 0 Å². The van der Waals surface area contributed by atoms with E-state index in [0.29, 0.717) is 13.0 Å². The summed E-state index contributed by atoms with van der Waals surface area (Å²) in [4.78, 5) is 25.0. The van der Waals surface area contributed by atoms with Gasteiger partial charge >= 0.3 is 11.8 Å². The molecule has 0 aromatic heterocycles. The molecule has 1 saturated heterocycles. The second-order valence-electron chi connectivity index (χ2n) is 5.09. The Balaban J connectivity index is 2.03. The highest BCUT2D eigenvalue weighted by molar-refractivity contribution is 6.39. The molecule has 1 aromatic rings. The molecule has 2 rings (SSSR count). The van der Waals surface area contributed by atoms with Crippen LogP contribution in [0.4, 0.5) is 14.5 Å². The van der Waals surface area contributed by atoms with Crippen molar-refractivity contribution in [1.29, 1.82) is 0 Å². The number of rotatable bonds is 2. The van der Waals surface area contributed by atoms with Crippen LogP contribution in [-0.2, 0) is 9.59 Å². The van der Waals surface area contributed by atoms with Gasteiger partial charge in [0, 0.05) is 19.0 Å². The maximum Gasteiger partial charge on any atom is 0.314 e. The van der Waals surface area contributed by atoms with Crippen LogP contribution in [0.1, 0.15) is 13.3 Å². The largest absolute Gasteiger partial charge is 0.393 e. The summed E-state index contributed by atoms with van der Waals surface area (Å²) in [5, 5.41) is 11.4. The minimum Gasteiger partial charge on any atom is -0.393 e. The Morgan fingerprint density at radius 1 is 1.38 bits per heavy atom. The smallest absolute Gasteiger partial charge is 0.314 e. The first-order valence-electron chi connectivity index (χ1n) is 6.62. The fourth-order valence-corrected chi connectivity index (χ4v) is 2.29. The number of hydrogen-bond donors (Lipinski definition) is 2. The van der Waals surface area contributed by atoms with Gasteiger partial charge in [-0.2, -0.15) is 0 Å². The molecule has 2 amide bonds. The first kappa shape index (κ1) is 15.4. The van der Waals surface area contributed by atoms with Crippen LogP contribution in [-0.4, -0.2) is 41.0 Å². The van der Waals surface area contributed by atoms with Gasteiger partial charge in [-0.1, -0.05) is 6.07 Å². The molecule has 0 spiro atoms. The Morgan fingerprint density at radius 2 is 2.00 bits per heavy atom. The predicted molar refractivity (Wildman–Crippen MR) is 71.4 cm³/mol. The first-order chi connectivity index (χ1) is 9.90. The van der Waals surface area contributed by atoms with Gasteiger partial charge in [-0.15, -0.1) is 0 Å². The molecule has 1 aliphatic heterocycles. The zero-order valence-electron chi connectivity index (χ0n) is 11.5. The van der Waals surface area contributed by atoms with Gasteiger partial charge in [0.15, 0.2) is 0 Å². The zero-order chi connectivity index (χ0) is 15.6. The predicted octanol–water partition coefficient (Wildman–Crippen LogP) is 1.13. The van der Waals surface area contributed by atoms with Crippen LogP contribution in [0.2, 0.25) is 0 Å². The van der Waals surface area contributed by atoms with Gasteiger partial charge in [0.05, 0.1) is 6.10 Å². The maximum absolute atomic E-state index is 13.4. The van der Waals surface area contributed by atoms with Crippen LogP contribution in [0, 0.1) is 17.6 Å². The molecule has 5 nitrogen and oxygen atoms in total. The third kappa shape index (κ3) is 3.36. The topological polar surface area (TPSA) is 69.6 Å². The lowest BCUT2D eigenvalue weighted by molar-refractivity contribution is -0.142. The van der Waals surface area contributed by atoms with Gasteiger partial charge in [0.25, 0.3) is 0 Å². The average Bonchev–Trinajstić information content (AvgIpc) is 2.92. The number of benzene rings is 1. The lowest BCUT2D eigenvalue weighted by Gasteiger charge is -2.17. The van der Waals surface area contributed by atoms with Crippen LogP contribution in [0.5, 0.6) is 0 Å². The summed E-state index contributed by atoms with van der Waals surface area (Å²) in [5.74, 6) is -3.93. The van der Waals surface area contributed by atoms with Gasteiger partial charge < -0.3 is 15.3 Å². The number of aliphatic hydroxyl groups is 1. The second kappa shape index (κ2) is 6.17. The van der Waals surface area contributed by atoms with Crippen LogP contribution in [0.15, 0.2) is 18.2 Å². The lowest BCUT2D eigenvalue weighted by atomic mass is 10.0. The van der Waals surface area contributed by atoms with Crippen molar-refractivity contribution in [3.63, 3.8) is 0 Å². The van der Waals surface area contributed by atoms with E-state index in [2.05, 4.69) is 0 Å². The molecule has 1 aliphatic rings. The zero-order valence-corrected chi connectivity index (χ0v) is 11.5. The van der Waals surface area contributed by atoms with Crippen molar-refractivity contribution in [2.45, 2.75) is 19.4 Å². The SMILES string of the molecule is CC(O)C1CCN(C(=O)C(=O)Nc2c(F)cccc2F)C1. The molecule has 0 bridgehead atoms. The van der Waals surface area contributed by atoms with Gasteiger partial charge in [-0.25, -0.2) is 8.78 Å². The van der Waals surface area contributed by atoms with E-state index in [0.717, 1.165) is 18.2 Å². The van der Waals surface area contributed by atoms with Crippen molar-refractivity contribution in [2.75, 3.05) is 18.4 Å². The molecule has 7 heteroatoms. The monoisotopic (exact) mass is 298 g/mol. The van der Waals surface area contributed by atoms with E-state index in [1.807, 2.05) is 5.32 Å². The first-order valence-corrected chi connectivity index (χ1v) is 6.62. The normalized spacial score (nSPS) is 19.4. The number of para-hydroxylation sites is 1. The van der Waals surface area contributed by atoms with Crippen LogP contribution >= 0.6 is 0 Å². The number of carbonyl (C=O) groups is 2. The number of likely N-dealkylation sites (tertiary alicyclic amines) is 1. The third-order valence-electron chi connectivity index (χ3n) is 3.59. The molecular weight excluding hydrogens is 282 g/mol. The van der Waals surface area contributed by atoms with Gasteiger partial charge in [-0.05, 0) is 25.5 Å². The van der Waals surface area contributed by atoms with Crippen molar-refractivity contribution < 1.29 is 23.5 Å². The highest BCUT2D eigenvalue weighted by Crippen LogP contribution is 2.21. The number of nitrogens with one attached hydrogen (secondary N) is 1. The fraction of sp³-hybridized carbons (Fsp3) is 0.429. The number of anilines is 1. The highest BCUT2D eigenvalue weighted by atomic mass is 19.1. The summed E-state index contributed by atoms with van der Waals surface area (Å²) in [5.41, 5.74) is -0.637. The summed E-state index contributed by atoms with van der Waals surface area (Å²) in [7, 11) is 0. The Hall–Kier alpha value is -2.02. The number of carbonyl (C=O) groups excluding carboxylic acids is 2. The number of nitrogens with zero attached hydrogens (tertiary/aromatic N) is 1. The number of aliphatic hydroxyl groups excluding tert-OH is 1. The van der Waals surface area contributed by atoms with Crippen molar-refractivity contribution in [3.05, 3.63) is 29.8 Å². The molecule has 2 N–H and O–H groups in total. The minimum absolute atomic E-state index is 0.0908. The van der Waals surface area contributed by atoms with E-state index < -0.39 is 35.2 Å². The van der Waals surface area contributed by atoms with Gasteiger partial charge in [0.1, 0.15) is 17.3 Å². The summed E-state index contributed by atoms with van der Waals surface area (Å²) in [6, 6.07) is 3.14. The molecule has 21 heavy (non-hydrogen) atoms. The van der Waals surface area contributed by atoms with Gasteiger partial charge in [-0.3, -0.25) is 9.59 Å². The fourth-order valence-electron chi connectivity index (χ4n) is 2.29. The van der Waals surface area contributed by atoms with E-state index in [1.165, 1.54) is 4.90 Å². The van der Waals surface area contributed by atoms with E-state index in [4.69, 9.17) is 0 Å². The van der Waals surface area contributed by atoms with Crippen molar-refractivity contribution in [3.8, 4) is 0 Å². The van der Waals surface area contributed by atoms with Crippen molar-refractivity contribution in [2.24, 2.45) is 5.92 Å². The quantitative estimate of drug-likeness (QED) is 0.804. The molecule has 2 atom stereocenters. The standard InChI is InChI=1S/C14H16F2N2O3/c1-8(19)9-5-6-18(7-9)14(21)13(20)17-12-10(15)3-2-4-11(12)16/h2-4,8-9,19H,5-7H2,1H3,(H,17,20). The molecule has 0 saturated carbocycles. The highest BCUT2D eigenvalue weighted by Gasteiger charge is 2.32. The molecule has 0 aliphatic carbocycles. The van der Waals surface area contributed by atoms with E-state index in [-0.39, 0.29) is 12.5 Å². The molecule has 1 fully saturated rings. The van der Waals surface area contributed by atoms with E-state index in [9.17, 15) is 23.5 Å². The Morgan fingerprint density at radius 3 is 2.52 bits per heavy atom. The van der Waals surface area contributed by atoms with Gasteiger partial charge in [0.2, 0.25) is 0 Å². The van der Waals surface area contributed by atoms with Crippen LogP contribution in [0.3, 0.4) is 0 Å².